The van der Waals surface area contributed by atoms with Crippen molar-refractivity contribution in [2.75, 3.05) is 0 Å². The highest BCUT2D eigenvalue weighted by Crippen LogP contribution is 2.58. The Labute approximate surface area is 186 Å². The Morgan fingerprint density at radius 1 is 1.03 bits per heavy atom. The maximum absolute atomic E-state index is 13.0. The van der Waals surface area contributed by atoms with Gasteiger partial charge in [-0.05, 0) is 41.8 Å². The number of hydrogen-bond acceptors (Lipinski definition) is 4. The molecule has 0 unspecified atom stereocenters. The lowest BCUT2D eigenvalue weighted by atomic mass is 9.93. The van der Waals surface area contributed by atoms with Gasteiger partial charge in [0.05, 0.1) is 5.56 Å². The zero-order chi connectivity index (χ0) is 23.4. The number of sulfonamides is 1. The maximum Gasteiger partial charge on any atom is 0.416 e. The molecule has 0 saturated heterocycles. The number of thiophene rings is 1. The van der Waals surface area contributed by atoms with Crippen molar-refractivity contribution in [1.82, 2.24) is 4.72 Å². The first-order valence-corrected chi connectivity index (χ1v) is 11.8. The summed E-state index contributed by atoms with van der Waals surface area (Å²) >= 11 is 0.858. The summed E-state index contributed by atoms with van der Waals surface area (Å²) in [5.41, 5.74) is -2.27. The molecule has 1 saturated carbocycles. The minimum Gasteiger partial charge on any atom is -0.480 e. The standard InChI is InChI=1S/C22H18F3NO4S2/c1-20(15-5-3-2-4-6-15)13-21(20,19(27)28)26-32(29,30)18-12-11-17(31-18)14-7-9-16(10-8-14)22(23,24)25/h2-12,26H,13H2,1H3,(H,27,28)/t20-,21-/m1/s1. The van der Waals surface area contributed by atoms with E-state index in [1.54, 1.807) is 37.3 Å². The van der Waals surface area contributed by atoms with Crippen LogP contribution in [0.4, 0.5) is 13.2 Å². The summed E-state index contributed by atoms with van der Waals surface area (Å²) in [4.78, 5) is 12.6. The highest BCUT2D eigenvalue weighted by Gasteiger charge is 2.72. The van der Waals surface area contributed by atoms with Crippen molar-refractivity contribution in [3.05, 3.63) is 77.9 Å². The monoisotopic (exact) mass is 481 g/mol. The largest absolute Gasteiger partial charge is 0.480 e. The van der Waals surface area contributed by atoms with Gasteiger partial charge in [0.25, 0.3) is 10.0 Å². The van der Waals surface area contributed by atoms with E-state index < -0.39 is 38.7 Å². The van der Waals surface area contributed by atoms with E-state index in [2.05, 4.69) is 4.72 Å². The molecule has 0 spiro atoms. The quantitative estimate of drug-likeness (QED) is 0.525. The first-order valence-electron chi connectivity index (χ1n) is 9.49. The number of nitrogens with one attached hydrogen (secondary N) is 1. The van der Waals surface area contributed by atoms with Crippen molar-refractivity contribution < 1.29 is 31.5 Å². The van der Waals surface area contributed by atoms with E-state index in [0.29, 0.717) is 16.0 Å². The van der Waals surface area contributed by atoms with Crippen molar-refractivity contribution in [1.29, 1.82) is 0 Å². The molecular weight excluding hydrogens is 463 g/mol. The van der Waals surface area contributed by atoms with E-state index in [-0.39, 0.29) is 10.6 Å². The molecule has 3 aromatic rings. The van der Waals surface area contributed by atoms with Crippen LogP contribution in [0, 0.1) is 0 Å². The fourth-order valence-electron chi connectivity index (χ4n) is 3.87. The molecular formula is C22H18F3NO4S2. The van der Waals surface area contributed by atoms with Gasteiger partial charge in [0, 0.05) is 10.3 Å². The minimum atomic E-state index is -4.47. The van der Waals surface area contributed by atoms with Crippen LogP contribution in [0.25, 0.3) is 10.4 Å². The average molecular weight is 482 g/mol. The van der Waals surface area contributed by atoms with Gasteiger partial charge in [0.2, 0.25) is 0 Å². The highest BCUT2D eigenvalue weighted by atomic mass is 32.2. The number of carboxylic acids is 1. The lowest BCUT2D eigenvalue weighted by molar-refractivity contribution is -0.141. The predicted molar refractivity (Wildman–Crippen MR) is 114 cm³/mol. The summed E-state index contributed by atoms with van der Waals surface area (Å²) in [6.45, 7) is 1.70. The van der Waals surface area contributed by atoms with Crippen LogP contribution in [0.2, 0.25) is 0 Å². The zero-order valence-electron chi connectivity index (χ0n) is 16.7. The fourth-order valence-corrected chi connectivity index (χ4v) is 6.63. The molecule has 10 heteroatoms. The van der Waals surface area contributed by atoms with Crippen LogP contribution < -0.4 is 4.72 Å². The first kappa shape index (κ1) is 22.5. The smallest absolute Gasteiger partial charge is 0.416 e. The van der Waals surface area contributed by atoms with Crippen LogP contribution in [0.15, 0.2) is 70.9 Å². The lowest BCUT2D eigenvalue weighted by Gasteiger charge is -2.20. The van der Waals surface area contributed by atoms with E-state index in [1.165, 1.54) is 24.3 Å². The van der Waals surface area contributed by atoms with Gasteiger partial charge in [-0.2, -0.15) is 17.9 Å². The van der Waals surface area contributed by atoms with Gasteiger partial charge in [0.1, 0.15) is 9.75 Å². The molecule has 2 aromatic carbocycles. The topological polar surface area (TPSA) is 83.5 Å². The summed E-state index contributed by atoms with van der Waals surface area (Å²) in [6.07, 6.45) is -4.37. The van der Waals surface area contributed by atoms with Crippen LogP contribution in [0.1, 0.15) is 24.5 Å². The minimum absolute atomic E-state index is 0.0930. The Bertz CT molecular complexity index is 1270. The van der Waals surface area contributed by atoms with Crippen LogP contribution >= 0.6 is 11.3 Å². The van der Waals surface area contributed by atoms with E-state index >= 15 is 0 Å². The van der Waals surface area contributed by atoms with Gasteiger partial charge >= 0.3 is 12.1 Å². The maximum atomic E-state index is 13.0. The Morgan fingerprint density at radius 3 is 2.22 bits per heavy atom. The average Bonchev–Trinajstić information content (AvgIpc) is 3.11. The molecule has 1 heterocycles. The predicted octanol–water partition coefficient (Wildman–Crippen LogP) is 4.90. The molecule has 5 nitrogen and oxygen atoms in total. The second-order valence-corrected chi connectivity index (χ2v) is 10.9. The number of rotatable bonds is 6. The molecule has 1 aliphatic rings. The van der Waals surface area contributed by atoms with Crippen molar-refractivity contribution >= 4 is 27.3 Å². The van der Waals surface area contributed by atoms with Crippen LogP contribution in [0.5, 0.6) is 0 Å². The molecule has 32 heavy (non-hydrogen) atoms. The van der Waals surface area contributed by atoms with Gasteiger partial charge in [-0.3, -0.25) is 4.79 Å². The summed E-state index contributed by atoms with van der Waals surface area (Å²) < 4.78 is 66.6. The number of alkyl halides is 3. The Kier molecular flexibility index (Phi) is 5.22. The highest BCUT2D eigenvalue weighted by molar-refractivity contribution is 7.91. The van der Waals surface area contributed by atoms with Gasteiger partial charge in [0.15, 0.2) is 0 Å². The molecule has 2 atom stereocenters. The van der Waals surface area contributed by atoms with Gasteiger partial charge in [-0.1, -0.05) is 49.4 Å². The van der Waals surface area contributed by atoms with Gasteiger partial charge < -0.3 is 5.11 Å². The van der Waals surface area contributed by atoms with Crippen molar-refractivity contribution in [3.63, 3.8) is 0 Å². The molecule has 4 rings (SSSR count). The summed E-state index contributed by atoms with van der Waals surface area (Å²) in [5.74, 6) is -1.27. The number of halogens is 3. The third-order valence-electron chi connectivity index (χ3n) is 5.86. The number of carbonyl (C=O) groups is 1. The third kappa shape index (κ3) is 3.72. The molecule has 1 aromatic heterocycles. The van der Waals surface area contributed by atoms with Crippen molar-refractivity contribution in [2.24, 2.45) is 0 Å². The molecule has 1 aliphatic carbocycles. The molecule has 1 fully saturated rings. The van der Waals surface area contributed by atoms with Crippen LogP contribution in [-0.4, -0.2) is 25.0 Å². The van der Waals surface area contributed by atoms with Gasteiger partial charge in [-0.25, -0.2) is 8.42 Å². The Hall–Kier alpha value is -2.69. The third-order valence-corrected chi connectivity index (χ3v) is 8.98. The van der Waals surface area contributed by atoms with Crippen LogP contribution in [-0.2, 0) is 26.4 Å². The van der Waals surface area contributed by atoms with Crippen LogP contribution in [0.3, 0.4) is 0 Å². The SMILES string of the molecule is C[C@]1(c2ccccc2)C[C@@]1(NS(=O)(=O)c1ccc(-c2ccc(C(F)(F)F)cc2)s1)C(=O)O. The normalized spacial score (nSPS) is 23.1. The summed E-state index contributed by atoms with van der Waals surface area (Å²) in [6, 6.07) is 16.0. The lowest BCUT2D eigenvalue weighted by Crippen LogP contribution is -2.47. The Balaban J connectivity index is 1.61. The molecule has 0 amide bonds. The van der Waals surface area contributed by atoms with E-state index in [0.717, 1.165) is 23.5 Å². The van der Waals surface area contributed by atoms with Crippen molar-refractivity contribution in [3.8, 4) is 10.4 Å². The molecule has 0 aliphatic heterocycles. The van der Waals surface area contributed by atoms with E-state index in [1.807, 2.05) is 0 Å². The zero-order valence-corrected chi connectivity index (χ0v) is 18.3. The number of hydrogen-bond donors (Lipinski definition) is 2. The van der Waals surface area contributed by atoms with E-state index in [4.69, 9.17) is 0 Å². The molecule has 0 radical (unpaired) electrons. The van der Waals surface area contributed by atoms with E-state index in [9.17, 15) is 31.5 Å². The molecule has 0 bridgehead atoms. The molecule has 2 N–H and O–H groups in total. The summed E-state index contributed by atoms with van der Waals surface area (Å²) in [5, 5.41) is 9.87. The number of carboxylic acid groups (broad SMARTS) is 1. The van der Waals surface area contributed by atoms with Gasteiger partial charge in [-0.15, -0.1) is 11.3 Å². The second kappa shape index (κ2) is 7.43. The van der Waals surface area contributed by atoms with Crippen molar-refractivity contribution in [2.45, 2.75) is 34.7 Å². The second-order valence-electron chi connectivity index (χ2n) is 7.88. The first-order chi connectivity index (χ1) is 14.9. The molecule has 168 valence electrons. The fraction of sp³-hybridized carbons (Fsp3) is 0.227. The number of benzene rings is 2. The number of aliphatic carboxylic acids is 1. The summed E-state index contributed by atoms with van der Waals surface area (Å²) in [7, 11) is -4.19. The Morgan fingerprint density at radius 2 is 1.66 bits per heavy atom.